The van der Waals surface area contributed by atoms with Crippen molar-refractivity contribution < 1.29 is 14.6 Å². The molecule has 100 valence electrons. The lowest BCUT2D eigenvalue weighted by atomic mass is 10.1. The van der Waals surface area contributed by atoms with Crippen LogP contribution in [-0.4, -0.2) is 16.8 Å². The van der Waals surface area contributed by atoms with Crippen molar-refractivity contribution in [2.75, 3.05) is 5.32 Å². The van der Waals surface area contributed by atoms with Crippen LogP contribution in [0.5, 0.6) is 5.75 Å². The number of amides is 1. The molecule has 1 unspecified atom stereocenters. The van der Waals surface area contributed by atoms with Crippen molar-refractivity contribution in [2.45, 2.75) is 39.3 Å². The number of benzene rings is 1. The van der Waals surface area contributed by atoms with Gasteiger partial charge in [0.05, 0.1) is 5.69 Å². The van der Waals surface area contributed by atoms with E-state index in [1.54, 1.807) is 32.9 Å². The Morgan fingerprint density at radius 1 is 1.44 bits per heavy atom. The lowest BCUT2D eigenvalue weighted by molar-refractivity contribution is 0.0635. The Balaban J connectivity index is 2.84. The third kappa shape index (κ3) is 4.25. The quantitative estimate of drug-likeness (QED) is 0.706. The van der Waals surface area contributed by atoms with Crippen molar-refractivity contribution in [1.29, 1.82) is 0 Å². The van der Waals surface area contributed by atoms with Crippen LogP contribution in [0.15, 0.2) is 18.2 Å². The smallest absolute Gasteiger partial charge is 0.412 e. The van der Waals surface area contributed by atoms with Gasteiger partial charge in [0.25, 0.3) is 0 Å². The predicted molar refractivity (Wildman–Crippen MR) is 70.6 cm³/mol. The summed E-state index contributed by atoms with van der Waals surface area (Å²) in [5.41, 5.74) is 6.26. The molecule has 0 aliphatic rings. The summed E-state index contributed by atoms with van der Waals surface area (Å²) in [6, 6.07) is 4.65. The first-order chi connectivity index (χ1) is 8.19. The van der Waals surface area contributed by atoms with E-state index >= 15 is 0 Å². The van der Waals surface area contributed by atoms with Crippen LogP contribution in [0.1, 0.15) is 39.3 Å². The minimum absolute atomic E-state index is 0.0229. The highest BCUT2D eigenvalue weighted by molar-refractivity contribution is 5.87. The molecule has 0 saturated heterocycles. The molecule has 0 radical (unpaired) electrons. The van der Waals surface area contributed by atoms with Crippen LogP contribution in [0.2, 0.25) is 0 Å². The lowest BCUT2D eigenvalue weighted by Crippen LogP contribution is -2.27. The number of anilines is 1. The molecule has 1 atom stereocenters. The Bertz CT molecular complexity index is 436. The van der Waals surface area contributed by atoms with E-state index in [1.807, 2.05) is 6.92 Å². The maximum absolute atomic E-state index is 11.6. The largest absolute Gasteiger partial charge is 0.506 e. The first-order valence-electron chi connectivity index (χ1n) is 5.77. The van der Waals surface area contributed by atoms with Crippen LogP contribution in [0, 0.1) is 0 Å². The maximum atomic E-state index is 11.6. The number of ether oxygens (including phenoxy) is 1. The molecule has 5 nitrogen and oxygen atoms in total. The zero-order valence-corrected chi connectivity index (χ0v) is 11.2. The van der Waals surface area contributed by atoms with Crippen LogP contribution < -0.4 is 11.1 Å². The molecule has 18 heavy (non-hydrogen) atoms. The number of phenols is 1. The van der Waals surface area contributed by atoms with Gasteiger partial charge in [0, 0.05) is 6.04 Å². The maximum Gasteiger partial charge on any atom is 0.412 e. The molecule has 1 aromatic rings. The number of hydrogen-bond acceptors (Lipinski definition) is 4. The second-order valence-corrected chi connectivity index (χ2v) is 5.19. The van der Waals surface area contributed by atoms with E-state index in [4.69, 9.17) is 10.5 Å². The Labute approximate surface area is 107 Å². The molecular formula is C13H20N2O3. The van der Waals surface area contributed by atoms with Gasteiger partial charge in [-0.15, -0.1) is 0 Å². The Kier molecular flexibility index (Phi) is 4.19. The summed E-state index contributed by atoms with van der Waals surface area (Å²) >= 11 is 0. The van der Waals surface area contributed by atoms with Gasteiger partial charge in [-0.1, -0.05) is 6.07 Å². The summed E-state index contributed by atoms with van der Waals surface area (Å²) in [6.07, 6.45) is -0.611. The fraction of sp³-hybridized carbons (Fsp3) is 0.462. The van der Waals surface area contributed by atoms with Crippen molar-refractivity contribution >= 4 is 11.8 Å². The van der Waals surface area contributed by atoms with Crippen molar-refractivity contribution in [1.82, 2.24) is 0 Å². The van der Waals surface area contributed by atoms with E-state index in [2.05, 4.69) is 5.32 Å². The highest BCUT2D eigenvalue weighted by Gasteiger charge is 2.17. The van der Waals surface area contributed by atoms with Gasteiger partial charge >= 0.3 is 6.09 Å². The van der Waals surface area contributed by atoms with E-state index in [0.717, 1.165) is 5.56 Å². The summed E-state index contributed by atoms with van der Waals surface area (Å²) in [5.74, 6) is -0.0229. The van der Waals surface area contributed by atoms with Gasteiger partial charge in [0.15, 0.2) is 0 Å². The fourth-order valence-electron chi connectivity index (χ4n) is 1.35. The molecule has 0 aliphatic heterocycles. The van der Waals surface area contributed by atoms with E-state index in [9.17, 15) is 9.90 Å². The van der Waals surface area contributed by atoms with Crippen LogP contribution in [0.4, 0.5) is 10.5 Å². The summed E-state index contributed by atoms with van der Waals surface area (Å²) in [4.78, 5) is 11.6. The predicted octanol–water partition coefficient (Wildman–Crippen LogP) is 2.76. The zero-order valence-electron chi connectivity index (χ0n) is 11.2. The molecule has 0 aromatic heterocycles. The summed E-state index contributed by atoms with van der Waals surface area (Å²) in [7, 11) is 0. The number of nitrogens with one attached hydrogen (secondary N) is 1. The second kappa shape index (κ2) is 5.27. The van der Waals surface area contributed by atoms with Crippen molar-refractivity contribution in [3.8, 4) is 5.75 Å². The summed E-state index contributed by atoms with van der Waals surface area (Å²) in [6.45, 7) is 7.13. The number of phenolic OH excluding ortho intramolecular Hbond substituents is 1. The minimum Gasteiger partial charge on any atom is -0.506 e. The van der Waals surface area contributed by atoms with Crippen molar-refractivity contribution in [3.63, 3.8) is 0 Å². The van der Waals surface area contributed by atoms with Crippen molar-refractivity contribution in [2.24, 2.45) is 5.73 Å². The monoisotopic (exact) mass is 252 g/mol. The van der Waals surface area contributed by atoms with Gasteiger partial charge in [0.1, 0.15) is 11.4 Å². The fourth-order valence-corrected chi connectivity index (χ4v) is 1.35. The second-order valence-electron chi connectivity index (χ2n) is 5.19. The minimum atomic E-state index is -0.611. The molecule has 5 heteroatoms. The van der Waals surface area contributed by atoms with Gasteiger partial charge in [-0.3, -0.25) is 5.32 Å². The average Bonchev–Trinajstić information content (AvgIpc) is 2.18. The molecular weight excluding hydrogens is 232 g/mol. The number of carbonyl (C=O) groups is 1. The molecule has 0 fully saturated rings. The van der Waals surface area contributed by atoms with Gasteiger partial charge in [-0.25, -0.2) is 4.79 Å². The van der Waals surface area contributed by atoms with Crippen molar-refractivity contribution in [3.05, 3.63) is 23.8 Å². The van der Waals surface area contributed by atoms with Crippen LogP contribution in [-0.2, 0) is 4.74 Å². The van der Waals surface area contributed by atoms with E-state index < -0.39 is 11.7 Å². The molecule has 0 heterocycles. The number of carbonyl (C=O) groups excluding carboxylic acids is 1. The molecule has 0 spiro atoms. The lowest BCUT2D eigenvalue weighted by Gasteiger charge is -2.20. The summed E-state index contributed by atoms with van der Waals surface area (Å²) in [5, 5.41) is 12.1. The molecule has 4 N–H and O–H groups in total. The topological polar surface area (TPSA) is 84.6 Å². The van der Waals surface area contributed by atoms with Gasteiger partial charge < -0.3 is 15.6 Å². The zero-order chi connectivity index (χ0) is 13.9. The standard InChI is InChI=1S/C13H20N2O3/c1-8(14)9-5-6-11(16)10(7-9)15-12(17)18-13(2,3)4/h5-8,16H,14H2,1-4H3,(H,15,17). The van der Waals surface area contributed by atoms with E-state index in [1.165, 1.54) is 6.07 Å². The molecule has 1 amide bonds. The Morgan fingerprint density at radius 2 is 2.06 bits per heavy atom. The third-order valence-electron chi connectivity index (χ3n) is 2.18. The highest BCUT2D eigenvalue weighted by atomic mass is 16.6. The number of rotatable bonds is 2. The first kappa shape index (κ1) is 14.3. The van der Waals surface area contributed by atoms with E-state index in [0.29, 0.717) is 5.69 Å². The molecule has 1 rings (SSSR count). The normalized spacial score (nSPS) is 12.9. The molecule has 0 bridgehead atoms. The molecule has 1 aromatic carbocycles. The number of nitrogens with two attached hydrogens (primary N) is 1. The first-order valence-corrected chi connectivity index (χ1v) is 5.77. The highest BCUT2D eigenvalue weighted by Crippen LogP contribution is 2.26. The van der Waals surface area contributed by atoms with Gasteiger partial charge in [-0.05, 0) is 45.4 Å². The van der Waals surface area contributed by atoms with Crippen LogP contribution in [0.3, 0.4) is 0 Å². The third-order valence-corrected chi connectivity index (χ3v) is 2.18. The SMILES string of the molecule is CC(N)c1ccc(O)c(NC(=O)OC(C)(C)C)c1. The number of aromatic hydroxyl groups is 1. The molecule has 0 saturated carbocycles. The van der Waals surface area contributed by atoms with E-state index in [-0.39, 0.29) is 11.8 Å². The van der Waals surface area contributed by atoms with Gasteiger partial charge in [-0.2, -0.15) is 0 Å². The Hall–Kier alpha value is -1.75. The van der Waals surface area contributed by atoms with Crippen LogP contribution >= 0.6 is 0 Å². The van der Waals surface area contributed by atoms with Gasteiger partial charge in [0.2, 0.25) is 0 Å². The molecule has 0 aliphatic carbocycles. The Morgan fingerprint density at radius 3 is 2.56 bits per heavy atom. The average molecular weight is 252 g/mol. The number of hydrogen-bond donors (Lipinski definition) is 3. The summed E-state index contributed by atoms with van der Waals surface area (Å²) < 4.78 is 5.10. The van der Waals surface area contributed by atoms with Crippen LogP contribution in [0.25, 0.3) is 0 Å².